The minimum atomic E-state index is -2.26. The molecule has 0 aromatic rings. The lowest BCUT2D eigenvalue weighted by molar-refractivity contribution is -0.364. The molecule has 32 atom stereocenters. The SMILES string of the molecule is CC(C(=O)O)[C@]1(CO)O[C@H](OC2[C@@H](CO)O[C@@H](OC3[C@@H](CO)O[C@@H](O)[C@H](N)[C@H]3O)[C@H](N)[C@H]2O)[C@H](N)[C@@H](O)[C@@H]1O.CC(C(=O)O)[C@]1(CO)O[C@H](OC2[C@@H](CO)O[C@@H](OC3[C@@H](CO)O[C@@H](O)[C@H](N)[C@H]3O)[C@H](N)[C@H]2O)[C@H](N)[C@@H](O)[C@@H]1O. The molecule has 36 heteroatoms. The van der Waals surface area contributed by atoms with Gasteiger partial charge in [-0.1, -0.05) is 0 Å². The van der Waals surface area contributed by atoms with Gasteiger partial charge in [-0.3, -0.25) is 9.59 Å². The van der Waals surface area contributed by atoms with Crippen LogP contribution in [-0.2, 0) is 57.0 Å². The molecule has 36 nitrogen and oxygen atoms in total. The van der Waals surface area contributed by atoms with Crippen molar-refractivity contribution in [3.8, 4) is 0 Å². The quantitative estimate of drug-likeness (QED) is 0.0606. The van der Waals surface area contributed by atoms with Gasteiger partial charge in [0.05, 0.1) is 87.7 Å². The molecule has 0 saturated carbocycles. The summed E-state index contributed by atoms with van der Waals surface area (Å²) in [6, 6.07) is -8.54. The summed E-state index contributed by atoms with van der Waals surface area (Å²) in [5, 5.41) is 182. The number of carboxylic acid groups (broad SMARTS) is 2. The summed E-state index contributed by atoms with van der Waals surface area (Å²) in [5.41, 5.74) is 31.0. The maximum atomic E-state index is 11.6. The van der Waals surface area contributed by atoms with Gasteiger partial charge in [-0.25, -0.2) is 0 Å². The van der Waals surface area contributed by atoms with E-state index < -0.39 is 246 Å². The summed E-state index contributed by atoms with van der Waals surface area (Å²) in [6.45, 7) is -2.85. The van der Waals surface area contributed by atoms with Crippen molar-refractivity contribution >= 4 is 11.9 Å². The van der Waals surface area contributed by atoms with Crippen molar-refractivity contribution in [1.82, 2.24) is 0 Å². The van der Waals surface area contributed by atoms with Gasteiger partial charge in [0, 0.05) is 0 Å². The molecule has 6 aliphatic rings. The number of nitrogens with two attached hydrogens (primary N) is 6. The molecule has 30 N–H and O–H groups in total. The lowest BCUT2D eigenvalue weighted by atomic mass is 9.78. The molecule has 6 aliphatic heterocycles. The van der Waals surface area contributed by atoms with E-state index in [4.69, 9.17) is 81.8 Å². The van der Waals surface area contributed by atoms with Crippen molar-refractivity contribution < 1.29 is 149 Å². The molecule has 6 fully saturated rings. The second-order valence-electron chi connectivity index (χ2n) is 20.0. The minimum absolute atomic E-state index is 0.697. The Hall–Kier alpha value is -2.34. The normalized spacial score (nSPS) is 49.9. The maximum absolute atomic E-state index is 11.6. The number of aliphatic hydroxyl groups is 16. The van der Waals surface area contributed by atoms with Gasteiger partial charge in [-0.05, 0) is 13.8 Å². The van der Waals surface area contributed by atoms with Crippen molar-refractivity contribution in [2.45, 2.75) is 197 Å². The number of carbonyl (C=O) groups is 2. The van der Waals surface area contributed by atoms with E-state index in [0.29, 0.717) is 0 Å². The second kappa shape index (κ2) is 27.4. The molecular weight excluding hydrogens is 1070 g/mol. The van der Waals surface area contributed by atoms with Crippen LogP contribution in [-0.4, -0.2) is 326 Å². The topological polar surface area (TPSA) is 647 Å². The van der Waals surface area contributed by atoms with Gasteiger partial charge >= 0.3 is 11.9 Å². The van der Waals surface area contributed by atoms with Gasteiger partial charge in [-0.2, -0.15) is 0 Å². The predicted octanol–water partition coefficient (Wildman–Crippen LogP) is -15.2. The molecule has 0 aromatic carbocycles. The second-order valence-corrected chi connectivity index (χ2v) is 20.0. The van der Waals surface area contributed by atoms with Crippen molar-refractivity contribution in [2.75, 3.05) is 39.6 Å². The molecule has 0 spiro atoms. The molecule has 6 rings (SSSR count). The van der Waals surface area contributed by atoms with Gasteiger partial charge in [0.1, 0.15) is 109 Å². The predicted molar refractivity (Wildman–Crippen MR) is 246 cm³/mol. The highest BCUT2D eigenvalue weighted by atomic mass is 16.8. The maximum Gasteiger partial charge on any atom is 0.309 e. The minimum Gasteiger partial charge on any atom is -0.481 e. The third kappa shape index (κ3) is 12.9. The average Bonchev–Trinajstić information content (AvgIpc) is 3.42. The lowest BCUT2D eigenvalue weighted by Crippen LogP contribution is -2.73. The fourth-order valence-corrected chi connectivity index (χ4v) is 9.87. The van der Waals surface area contributed by atoms with Crippen LogP contribution in [0.2, 0.25) is 0 Å². The number of aliphatic hydroxyl groups excluding tert-OH is 16. The molecule has 0 bridgehead atoms. The number of ether oxygens (including phenoxy) is 10. The van der Waals surface area contributed by atoms with Gasteiger partial charge < -0.3 is 174 Å². The molecule has 0 amide bonds. The molecule has 0 radical (unpaired) electrons. The summed E-state index contributed by atoms with van der Waals surface area (Å²) in [7, 11) is 0. The van der Waals surface area contributed by atoms with E-state index in [9.17, 15) is 102 Å². The molecular formula is C42H78N6O30. The van der Waals surface area contributed by atoms with Gasteiger partial charge in [-0.15, -0.1) is 0 Å². The van der Waals surface area contributed by atoms with E-state index >= 15 is 0 Å². The number of aliphatic carboxylic acids is 2. The Kier molecular flexibility index (Phi) is 23.3. The fourth-order valence-electron chi connectivity index (χ4n) is 9.87. The van der Waals surface area contributed by atoms with E-state index in [0.717, 1.165) is 13.8 Å². The number of hydrogen-bond acceptors (Lipinski definition) is 34. The average molecular weight is 1150 g/mol. The summed E-state index contributed by atoms with van der Waals surface area (Å²) in [6.07, 6.45) is -34.9. The first-order valence-corrected chi connectivity index (χ1v) is 24.5. The Morgan fingerprint density at radius 1 is 0.410 bits per heavy atom. The van der Waals surface area contributed by atoms with Gasteiger partial charge in [0.2, 0.25) is 0 Å². The first-order valence-electron chi connectivity index (χ1n) is 24.5. The third-order valence-electron chi connectivity index (χ3n) is 15.2. The van der Waals surface area contributed by atoms with Crippen LogP contribution < -0.4 is 34.4 Å². The van der Waals surface area contributed by atoms with Crippen LogP contribution >= 0.6 is 0 Å². The highest BCUT2D eigenvalue weighted by Crippen LogP contribution is 2.40. The summed E-state index contributed by atoms with van der Waals surface area (Å²) in [5.74, 6) is -6.05. The monoisotopic (exact) mass is 1150 g/mol. The van der Waals surface area contributed by atoms with E-state index in [-0.39, 0.29) is 0 Å². The van der Waals surface area contributed by atoms with Crippen molar-refractivity contribution in [3.63, 3.8) is 0 Å². The van der Waals surface area contributed by atoms with Crippen molar-refractivity contribution in [3.05, 3.63) is 0 Å². The zero-order chi connectivity index (χ0) is 58.8. The number of hydrogen-bond donors (Lipinski definition) is 24. The van der Waals surface area contributed by atoms with Crippen molar-refractivity contribution in [2.24, 2.45) is 46.2 Å². The molecule has 0 aliphatic carbocycles. The standard InChI is InChI=1S/2C21H39N3O15/c2*1-5(17(32)33)21(4-27)16(31)13(30)10(24)20(39-21)38-15-7(3-26)36-19(9(23)12(15)29)37-14-6(2-25)35-18(34)8(22)11(14)28/h2*5-16,18-20,25-31,34H,2-4,22-24H2,1H3,(H,32,33)/t2*5?,6-,7-,8-,9-,10-,11-,12-,13-,14?,15?,16+,18-,19+,20+,21+/m11/s1. The van der Waals surface area contributed by atoms with Crippen LogP contribution in [0.4, 0.5) is 0 Å². The highest BCUT2D eigenvalue weighted by Gasteiger charge is 2.61. The van der Waals surface area contributed by atoms with E-state index in [1.165, 1.54) is 0 Å². The number of rotatable bonds is 18. The van der Waals surface area contributed by atoms with Crippen molar-refractivity contribution in [1.29, 1.82) is 0 Å². The molecule has 456 valence electrons. The third-order valence-corrected chi connectivity index (χ3v) is 15.2. The van der Waals surface area contributed by atoms with Crippen LogP contribution in [0.5, 0.6) is 0 Å². The lowest BCUT2D eigenvalue weighted by Gasteiger charge is -2.52. The van der Waals surface area contributed by atoms with E-state index in [1.54, 1.807) is 0 Å². The molecule has 6 unspecified atom stereocenters. The zero-order valence-electron chi connectivity index (χ0n) is 42.0. The van der Waals surface area contributed by atoms with E-state index in [1.807, 2.05) is 0 Å². The number of carboxylic acids is 2. The van der Waals surface area contributed by atoms with Gasteiger partial charge in [0.15, 0.2) is 37.7 Å². The van der Waals surface area contributed by atoms with Crippen LogP contribution in [0.15, 0.2) is 0 Å². The van der Waals surface area contributed by atoms with Crippen LogP contribution in [0, 0.1) is 11.8 Å². The molecule has 0 aromatic heterocycles. The summed E-state index contributed by atoms with van der Waals surface area (Å²) < 4.78 is 55.5. The Labute approximate surface area is 442 Å². The summed E-state index contributed by atoms with van der Waals surface area (Å²) in [4.78, 5) is 23.3. The largest absolute Gasteiger partial charge is 0.481 e. The summed E-state index contributed by atoms with van der Waals surface area (Å²) >= 11 is 0. The zero-order valence-corrected chi connectivity index (χ0v) is 42.0. The Bertz CT molecular complexity index is 1780. The first kappa shape index (κ1) is 66.5. The molecule has 6 saturated heterocycles. The molecule has 6 heterocycles. The van der Waals surface area contributed by atoms with Crippen LogP contribution in [0.25, 0.3) is 0 Å². The Morgan fingerprint density at radius 3 is 0.910 bits per heavy atom. The highest BCUT2D eigenvalue weighted by molar-refractivity contribution is 5.72. The Morgan fingerprint density at radius 2 is 0.654 bits per heavy atom. The first-order chi connectivity index (χ1) is 36.5. The van der Waals surface area contributed by atoms with Crippen LogP contribution in [0.1, 0.15) is 13.8 Å². The molecule has 78 heavy (non-hydrogen) atoms. The smallest absolute Gasteiger partial charge is 0.309 e. The fraction of sp³-hybridized carbons (Fsp3) is 0.952. The van der Waals surface area contributed by atoms with E-state index in [2.05, 4.69) is 0 Å². The Balaban J connectivity index is 0.000000287. The van der Waals surface area contributed by atoms with Gasteiger partial charge in [0.25, 0.3) is 0 Å². The van der Waals surface area contributed by atoms with Crippen LogP contribution in [0.3, 0.4) is 0 Å².